The average Bonchev–Trinajstić information content (AvgIpc) is 2.47. The molecule has 0 bridgehead atoms. The molecule has 124 valence electrons. The van der Waals surface area contributed by atoms with Crippen molar-refractivity contribution in [1.82, 2.24) is 4.90 Å². The third kappa shape index (κ3) is 3.88. The van der Waals surface area contributed by atoms with Gasteiger partial charge >= 0.3 is 5.97 Å². The molecule has 1 aromatic carbocycles. The summed E-state index contributed by atoms with van der Waals surface area (Å²) in [5.41, 5.74) is 1.79. The van der Waals surface area contributed by atoms with Crippen LogP contribution >= 0.6 is 0 Å². The van der Waals surface area contributed by atoms with Gasteiger partial charge in [-0.2, -0.15) is 0 Å². The zero-order valence-corrected chi connectivity index (χ0v) is 13.6. The second-order valence-corrected chi connectivity index (χ2v) is 6.25. The Hall–Kier alpha value is -2.37. The van der Waals surface area contributed by atoms with Gasteiger partial charge in [-0.05, 0) is 37.0 Å². The van der Waals surface area contributed by atoms with Crippen molar-refractivity contribution in [3.8, 4) is 0 Å². The lowest BCUT2D eigenvalue weighted by molar-refractivity contribution is -0.143. The molecule has 0 aliphatic carbocycles. The Morgan fingerprint density at radius 2 is 1.96 bits per heavy atom. The number of carboxylic acid groups (broad SMARTS) is 1. The van der Waals surface area contributed by atoms with Crippen molar-refractivity contribution in [3.05, 3.63) is 29.3 Å². The number of nitrogens with one attached hydrogen (secondary N) is 1. The highest BCUT2D eigenvalue weighted by Crippen LogP contribution is 2.26. The van der Waals surface area contributed by atoms with Crippen molar-refractivity contribution < 1.29 is 19.5 Å². The molecule has 0 saturated carbocycles. The van der Waals surface area contributed by atoms with Crippen LogP contribution in [0.3, 0.4) is 0 Å². The van der Waals surface area contributed by atoms with Crippen molar-refractivity contribution in [1.29, 1.82) is 0 Å². The van der Waals surface area contributed by atoms with E-state index in [9.17, 15) is 19.5 Å². The van der Waals surface area contributed by atoms with Crippen LogP contribution in [0.1, 0.15) is 36.2 Å². The van der Waals surface area contributed by atoms with Crippen LogP contribution in [0, 0.1) is 18.8 Å². The number of carbonyl (C=O) groups excluding carboxylic acids is 2. The van der Waals surface area contributed by atoms with Crippen LogP contribution < -0.4 is 5.32 Å². The first-order valence-electron chi connectivity index (χ1n) is 7.69. The minimum absolute atomic E-state index is 0.146. The zero-order valence-electron chi connectivity index (χ0n) is 13.6. The van der Waals surface area contributed by atoms with Gasteiger partial charge in [-0.25, -0.2) is 0 Å². The molecule has 2 N–H and O–H groups in total. The monoisotopic (exact) mass is 318 g/mol. The van der Waals surface area contributed by atoms with Gasteiger partial charge in [-0.3, -0.25) is 14.4 Å². The van der Waals surface area contributed by atoms with E-state index >= 15 is 0 Å². The molecule has 0 spiro atoms. The number of aliphatic carboxylic acids is 1. The summed E-state index contributed by atoms with van der Waals surface area (Å²) >= 11 is 0. The summed E-state index contributed by atoms with van der Waals surface area (Å²) in [7, 11) is 0. The number of carbonyl (C=O) groups is 3. The molecular formula is C17H22N2O4. The number of hydrogen-bond donors (Lipinski definition) is 2. The normalized spacial score (nSPS) is 20.9. The maximum Gasteiger partial charge on any atom is 0.308 e. The highest BCUT2D eigenvalue weighted by atomic mass is 16.4. The molecule has 0 radical (unpaired) electrons. The number of carboxylic acids is 1. The first-order chi connectivity index (χ1) is 10.8. The van der Waals surface area contributed by atoms with E-state index in [1.165, 1.54) is 6.92 Å². The first kappa shape index (κ1) is 17.0. The van der Waals surface area contributed by atoms with Gasteiger partial charge in [-0.1, -0.05) is 13.0 Å². The highest BCUT2D eigenvalue weighted by Gasteiger charge is 2.32. The lowest BCUT2D eigenvalue weighted by Crippen LogP contribution is -2.45. The van der Waals surface area contributed by atoms with E-state index in [1.807, 2.05) is 6.92 Å². The van der Waals surface area contributed by atoms with E-state index in [1.54, 1.807) is 30.0 Å². The number of likely N-dealkylation sites (tertiary alicyclic amines) is 1. The third-order valence-electron chi connectivity index (χ3n) is 4.17. The molecule has 2 unspecified atom stereocenters. The topological polar surface area (TPSA) is 86.7 Å². The van der Waals surface area contributed by atoms with Crippen molar-refractivity contribution in [2.24, 2.45) is 11.8 Å². The van der Waals surface area contributed by atoms with Gasteiger partial charge in [0.25, 0.3) is 5.91 Å². The second-order valence-electron chi connectivity index (χ2n) is 6.25. The van der Waals surface area contributed by atoms with Gasteiger partial charge in [0.15, 0.2) is 0 Å². The predicted octanol–water partition coefficient (Wildman–Crippen LogP) is 2.14. The summed E-state index contributed by atoms with van der Waals surface area (Å²) in [5, 5.41) is 11.9. The molecule has 1 aromatic rings. The van der Waals surface area contributed by atoms with Crippen molar-refractivity contribution in [2.75, 3.05) is 18.4 Å². The van der Waals surface area contributed by atoms with Gasteiger partial charge in [-0.15, -0.1) is 0 Å². The summed E-state index contributed by atoms with van der Waals surface area (Å²) in [6.45, 7) is 5.92. The number of hydrogen-bond acceptors (Lipinski definition) is 3. The quantitative estimate of drug-likeness (QED) is 0.894. The summed E-state index contributed by atoms with van der Waals surface area (Å²) < 4.78 is 0. The summed E-state index contributed by atoms with van der Waals surface area (Å²) in [5.74, 6) is -1.63. The maximum atomic E-state index is 12.8. The fraction of sp³-hybridized carbons (Fsp3) is 0.471. The fourth-order valence-electron chi connectivity index (χ4n) is 3.06. The van der Waals surface area contributed by atoms with Crippen molar-refractivity contribution in [3.63, 3.8) is 0 Å². The van der Waals surface area contributed by atoms with Crippen LogP contribution in [-0.2, 0) is 9.59 Å². The predicted molar refractivity (Wildman–Crippen MR) is 86.3 cm³/mol. The minimum Gasteiger partial charge on any atom is -0.481 e. The minimum atomic E-state index is -0.863. The third-order valence-corrected chi connectivity index (χ3v) is 4.17. The lowest BCUT2D eigenvalue weighted by Gasteiger charge is -2.35. The molecule has 2 amide bonds. The molecule has 1 aliphatic rings. The van der Waals surface area contributed by atoms with E-state index < -0.39 is 11.9 Å². The number of anilines is 1. The molecule has 23 heavy (non-hydrogen) atoms. The molecule has 6 nitrogen and oxygen atoms in total. The molecular weight excluding hydrogens is 296 g/mol. The Labute approximate surface area is 135 Å². The van der Waals surface area contributed by atoms with E-state index in [-0.39, 0.29) is 24.3 Å². The smallest absolute Gasteiger partial charge is 0.308 e. The highest BCUT2D eigenvalue weighted by molar-refractivity contribution is 5.99. The number of piperidine rings is 1. The second kappa shape index (κ2) is 6.81. The van der Waals surface area contributed by atoms with Gasteiger partial charge in [0.05, 0.1) is 5.92 Å². The van der Waals surface area contributed by atoms with Crippen LogP contribution in [0.25, 0.3) is 0 Å². The van der Waals surface area contributed by atoms with Gasteiger partial charge in [0, 0.05) is 31.3 Å². The molecule has 1 heterocycles. The first-order valence-corrected chi connectivity index (χ1v) is 7.69. The van der Waals surface area contributed by atoms with Crippen LogP contribution in [0.2, 0.25) is 0 Å². The molecule has 1 fully saturated rings. The maximum absolute atomic E-state index is 12.8. The molecule has 1 saturated heterocycles. The summed E-state index contributed by atoms with van der Waals surface area (Å²) in [6.07, 6.45) is 0.587. The number of nitrogens with zero attached hydrogens (tertiary/aromatic N) is 1. The van der Waals surface area contributed by atoms with E-state index in [0.29, 0.717) is 29.8 Å². The van der Waals surface area contributed by atoms with Crippen molar-refractivity contribution >= 4 is 23.5 Å². The Balaban J connectivity index is 2.26. The number of benzene rings is 1. The van der Waals surface area contributed by atoms with E-state index in [0.717, 1.165) is 0 Å². The van der Waals surface area contributed by atoms with Crippen LogP contribution in [0.5, 0.6) is 0 Å². The fourth-order valence-corrected chi connectivity index (χ4v) is 3.06. The molecule has 2 rings (SSSR count). The average molecular weight is 318 g/mol. The van der Waals surface area contributed by atoms with Crippen LogP contribution in [-0.4, -0.2) is 40.9 Å². The van der Waals surface area contributed by atoms with Gasteiger partial charge in [0.2, 0.25) is 5.91 Å². The van der Waals surface area contributed by atoms with Crippen molar-refractivity contribution in [2.45, 2.75) is 27.2 Å². The standard InChI is InChI=1S/C17H22N2O4/c1-10-7-13(17(22)23)9-19(8-10)16(21)14-5-4-6-15(11(14)2)18-12(3)20/h4-6,10,13H,7-9H2,1-3H3,(H,18,20)(H,22,23). The Kier molecular flexibility index (Phi) is 5.03. The number of rotatable bonds is 3. The Morgan fingerprint density at radius 1 is 1.26 bits per heavy atom. The SMILES string of the molecule is CC(=O)Nc1cccc(C(=O)N2CC(C)CC(C(=O)O)C2)c1C. The van der Waals surface area contributed by atoms with Gasteiger partial charge < -0.3 is 15.3 Å². The molecule has 0 aromatic heterocycles. The van der Waals surface area contributed by atoms with E-state index in [4.69, 9.17) is 0 Å². The Bertz CT molecular complexity index is 641. The summed E-state index contributed by atoms with van der Waals surface area (Å²) in [4.78, 5) is 36.9. The largest absolute Gasteiger partial charge is 0.481 e. The number of amides is 2. The Morgan fingerprint density at radius 3 is 2.57 bits per heavy atom. The molecule has 1 aliphatic heterocycles. The molecule has 6 heteroatoms. The van der Waals surface area contributed by atoms with Gasteiger partial charge in [0.1, 0.15) is 0 Å². The zero-order chi connectivity index (χ0) is 17.1. The summed E-state index contributed by atoms with van der Waals surface area (Å²) in [6, 6.07) is 5.16. The van der Waals surface area contributed by atoms with Crippen LogP contribution in [0.4, 0.5) is 5.69 Å². The molecule has 2 atom stereocenters. The lowest BCUT2D eigenvalue weighted by atomic mass is 9.90. The van der Waals surface area contributed by atoms with Crippen LogP contribution in [0.15, 0.2) is 18.2 Å². The van der Waals surface area contributed by atoms with E-state index in [2.05, 4.69) is 5.32 Å².